The third-order valence-corrected chi connectivity index (χ3v) is 7.83. The van der Waals surface area contributed by atoms with E-state index in [2.05, 4.69) is 0 Å². The van der Waals surface area contributed by atoms with Gasteiger partial charge in [-0.05, 0) is 12.1 Å². The Morgan fingerprint density at radius 3 is 2.42 bits per heavy atom. The summed E-state index contributed by atoms with van der Waals surface area (Å²) in [4.78, 5) is 11.2. The molecule has 1 aromatic rings. The molecule has 1 N–H and O–H groups in total. The molecule has 1 aliphatic carbocycles. The number of esters is 1. The van der Waals surface area contributed by atoms with Gasteiger partial charge in [0.1, 0.15) is 23.7 Å². The van der Waals surface area contributed by atoms with Crippen LogP contribution in [0.4, 0.5) is 0 Å². The van der Waals surface area contributed by atoms with Gasteiger partial charge in [-0.25, -0.2) is 0 Å². The summed E-state index contributed by atoms with van der Waals surface area (Å²) in [5, 5.41) is 11.2. The molecule has 1 spiro atoms. The van der Waals surface area contributed by atoms with Gasteiger partial charge in [0.05, 0.1) is 18.3 Å². The molecule has 1 aromatic carbocycles. The minimum absolute atomic E-state index is 0.00892. The highest BCUT2D eigenvalue weighted by atomic mass is 32.2. The van der Waals surface area contributed by atoms with Crippen molar-refractivity contribution in [2.24, 2.45) is 0 Å². The van der Waals surface area contributed by atoms with Gasteiger partial charge in [-0.3, -0.25) is 4.79 Å². The topological polar surface area (TPSA) is 65.0 Å². The predicted octanol–water partition coefficient (Wildman–Crippen LogP) is 2.58. The fraction of sp³-hybridized carbons (Fsp3) is 0.588. The Morgan fingerprint density at radius 1 is 1.21 bits per heavy atom. The van der Waals surface area contributed by atoms with Gasteiger partial charge in [0.25, 0.3) is 0 Å². The number of thioether (sulfide) groups is 2. The van der Waals surface area contributed by atoms with E-state index in [1.807, 2.05) is 35.7 Å². The highest BCUT2D eigenvalue weighted by Crippen LogP contribution is 2.62. The average Bonchev–Trinajstić information content (AvgIpc) is 3.00. The first-order valence-electron chi connectivity index (χ1n) is 7.81. The molecule has 132 valence electrons. The molecule has 0 radical (unpaired) electrons. The molecule has 1 unspecified atom stereocenters. The third kappa shape index (κ3) is 3.09. The van der Waals surface area contributed by atoms with E-state index in [1.165, 1.54) is 6.92 Å². The summed E-state index contributed by atoms with van der Waals surface area (Å²) in [5.41, 5.74) is 0.937. The van der Waals surface area contributed by atoms with Crippen LogP contribution >= 0.6 is 23.5 Å². The molecule has 0 bridgehead atoms. The Labute approximate surface area is 150 Å². The standard InChI is InChI=1S/C17H22O5S2/c1-11(18)22-10-16(19)8-12-13(20-2)4-5-14(21-3)15(12)17(9-16)23-6-7-24-17/h4-5,19H,6-10H2,1-3H3. The van der Waals surface area contributed by atoms with Crippen LogP contribution in [0, 0.1) is 0 Å². The molecule has 1 fully saturated rings. The van der Waals surface area contributed by atoms with Crippen molar-refractivity contribution in [3.05, 3.63) is 23.3 Å². The van der Waals surface area contributed by atoms with E-state index in [0.29, 0.717) is 12.8 Å². The number of hydrogen-bond donors (Lipinski definition) is 1. The van der Waals surface area contributed by atoms with Crippen molar-refractivity contribution in [3.8, 4) is 11.5 Å². The van der Waals surface area contributed by atoms with Crippen LogP contribution in [0.1, 0.15) is 24.5 Å². The first-order chi connectivity index (χ1) is 11.4. The first kappa shape index (κ1) is 17.8. The van der Waals surface area contributed by atoms with Gasteiger partial charge < -0.3 is 19.3 Å². The fourth-order valence-corrected chi connectivity index (χ4v) is 7.15. The second kappa shape index (κ2) is 6.69. The number of hydrogen-bond acceptors (Lipinski definition) is 7. The SMILES string of the molecule is COc1ccc(OC)c2c1CC(O)(COC(C)=O)CC21SCCS1. The molecular weight excluding hydrogens is 348 g/mol. The Hall–Kier alpha value is -1.05. The van der Waals surface area contributed by atoms with Gasteiger partial charge in [0, 0.05) is 42.4 Å². The fourth-order valence-electron chi connectivity index (χ4n) is 3.51. The summed E-state index contributed by atoms with van der Waals surface area (Å²) >= 11 is 3.64. The van der Waals surface area contributed by atoms with Gasteiger partial charge in [-0.2, -0.15) is 0 Å². The summed E-state index contributed by atoms with van der Waals surface area (Å²) in [6, 6.07) is 3.79. The number of carbonyl (C=O) groups is 1. The van der Waals surface area contributed by atoms with E-state index in [-0.39, 0.29) is 16.7 Å². The van der Waals surface area contributed by atoms with E-state index < -0.39 is 5.60 Å². The monoisotopic (exact) mass is 370 g/mol. The van der Waals surface area contributed by atoms with Crippen LogP contribution in [0.2, 0.25) is 0 Å². The lowest BCUT2D eigenvalue weighted by molar-refractivity contribution is -0.149. The van der Waals surface area contributed by atoms with E-state index in [1.54, 1.807) is 14.2 Å². The Morgan fingerprint density at radius 2 is 1.83 bits per heavy atom. The number of rotatable bonds is 4. The highest BCUT2D eigenvalue weighted by molar-refractivity contribution is 8.20. The summed E-state index contributed by atoms with van der Waals surface area (Å²) in [6.45, 7) is 1.35. The van der Waals surface area contributed by atoms with Crippen molar-refractivity contribution in [2.45, 2.75) is 29.4 Å². The van der Waals surface area contributed by atoms with Crippen LogP contribution in [-0.2, 0) is 20.0 Å². The van der Waals surface area contributed by atoms with E-state index in [9.17, 15) is 9.90 Å². The zero-order valence-electron chi connectivity index (χ0n) is 14.1. The largest absolute Gasteiger partial charge is 0.496 e. The maximum Gasteiger partial charge on any atom is 0.302 e. The second-order valence-electron chi connectivity index (χ2n) is 6.13. The van der Waals surface area contributed by atoms with Gasteiger partial charge >= 0.3 is 5.97 Å². The Kier molecular flexibility index (Phi) is 4.95. The van der Waals surface area contributed by atoms with Crippen LogP contribution in [0.15, 0.2) is 12.1 Å². The van der Waals surface area contributed by atoms with Crippen LogP contribution < -0.4 is 9.47 Å². The molecule has 24 heavy (non-hydrogen) atoms. The number of carbonyl (C=O) groups excluding carboxylic acids is 1. The van der Waals surface area contributed by atoms with Gasteiger partial charge in [0.2, 0.25) is 0 Å². The maximum absolute atomic E-state index is 11.2. The molecule has 1 saturated heterocycles. The molecule has 7 heteroatoms. The summed E-state index contributed by atoms with van der Waals surface area (Å²) in [5.74, 6) is 3.19. The van der Waals surface area contributed by atoms with Crippen molar-refractivity contribution in [2.75, 3.05) is 32.3 Å². The van der Waals surface area contributed by atoms with Crippen molar-refractivity contribution >= 4 is 29.5 Å². The number of ether oxygens (including phenoxy) is 3. The molecule has 0 saturated carbocycles. The highest BCUT2D eigenvalue weighted by Gasteiger charge is 2.52. The third-order valence-electron chi connectivity index (χ3n) is 4.42. The van der Waals surface area contributed by atoms with Crippen LogP contribution in [-0.4, -0.2) is 49.0 Å². The predicted molar refractivity (Wildman–Crippen MR) is 96.0 cm³/mol. The zero-order valence-corrected chi connectivity index (χ0v) is 15.7. The summed E-state index contributed by atoms with van der Waals surface area (Å²) < 4.78 is 16.0. The average molecular weight is 370 g/mol. The molecule has 3 rings (SSSR count). The lowest BCUT2D eigenvalue weighted by Gasteiger charge is -2.44. The molecule has 2 aliphatic rings. The van der Waals surface area contributed by atoms with Gasteiger partial charge in [-0.1, -0.05) is 0 Å². The molecule has 0 amide bonds. The lowest BCUT2D eigenvalue weighted by Crippen LogP contribution is -2.46. The van der Waals surface area contributed by atoms with Gasteiger partial charge in [0.15, 0.2) is 0 Å². The molecule has 1 heterocycles. The molecule has 1 aliphatic heterocycles. The first-order valence-corrected chi connectivity index (χ1v) is 9.78. The second-order valence-corrected chi connectivity index (χ2v) is 9.18. The zero-order chi connectivity index (χ0) is 17.4. The van der Waals surface area contributed by atoms with E-state index >= 15 is 0 Å². The lowest BCUT2D eigenvalue weighted by atomic mass is 9.79. The van der Waals surface area contributed by atoms with Crippen molar-refractivity contribution in [1.29, 1.82) is 0 Å². The Bertz CT molecular complexity index is 642. The van der Waals surface area contributed by atoms with E-state index in [4.69, 9.17) is 14.2 Å². The number of aliphatic hydroxyl groups is 1. The summed E-state index contributed by atoms with van der Waals surface area (Å²) in [7, 11) is 3.29. The minimum Gasteiger partial charge on any atom is -0.496 e. The maximum atomic E-state index is 11.2. The quantitative estimate of drug-likeness (QED) is 0.817. The van der Waals surface area contributed by atoms with Crippen LogP contribution in [0.25, 0.3) is 0 Å². The molecule has 1 atom stereocenters. The van der Waals surface area contributed by atoms with Crippen molar-refractivity contribution in [3.63, 3.8) is 0 Å². The van der Waals surface area contributed by atoms with Crippen molar-refractivity contribution in [1.82, 2.24) is 0 Å². The van der Waals surface area contributed by atoms with Gasteiger partial charge in [-0.15, -0.1) is 23.5 Å². The molecule has 0 aromatic heterocycles. The Balaban J connectivity index is 2.10. The molecular formula is C17H22O5S2. The number of fused-ring (bicyclic) bond motifs is 2. The molecule has 5 nitrogen and oxygen atoms in total. The van der Waals surface area contributed by atoms with Crippen LogP contribution in [0.5, 0.6) is 11.5 Å². The van der Waals surface area contributed by atoms with Crippen molar-refractivity contribution < 1.29 is 24.1 Å². The van der Waals surface area contributed by atoms with E-state index in [0.717, 1.165) is 34.1 Å². The van der Waals surface area contributed by atoms with Crippen LogP contribution in [0.3, 0.4) is 0 Å². The number of methoxy groups -OCH3 is 2. The summed E-state index contributed by atoms with van der Waals surface area (Å²) in [6.07, 6.45) is 0.887. The minimum atomic E-state index is -1.11. The normalized spacial score (nSPS) is 24.5. The smallest absolute Gasteiger partial charge is 0.302 e. The number of benzene rings is 1.